The number of nitrogens with zero attached hydrogens (tertiary/aromatic N) is 2. The Morgan fingerprint density at radius 1 is 1.14 bits per heavy atom. The van der Waals surface area contributed by atoms with Gasteiger partial charge in [0.1, 0.15) is 11.5 Å². The van der Waals surface area contributed by atoms with Crippen molar-refractivity contribution in [1.29, 1.82) is 0 Å². The molecule has 2 aromatic carbocycles. The number of hydrogen-bond donors (Lipinski definition) is 2. The van der Waals surface area contributed by atoms with E-state index in [1.165, 1.54) is 12.1 Å². The van der Waals surface area contributed by atoms with Gasteiger partial charge in [0.25, 0.3) is 5.91 Å². The molecule has 0 bridgehead atoms. The highest BCUT2D eigenvalue weighted by Crippen LogP contribution is 2.26. The molecular formula is C23H25FN4O. The van der Waals surface area contributed by atoms with Crippen LogP contribution in [0.2, 0.25) is 0 Å². The summed E-state index contributed by atoms with van der Waals surface area (Å²) in [5.41, 5.74) is 9.76. The number of nitrogens with one attached hydrogen (secondary N) is 1. The van der Waals surface area contributed by atoms with Crippen LogP contribution >= 0.6 is 0 Å². The summed E-state index contributed by atoms with van der Waals surface area (Å²) in [6.45, 7) is 2.01. The van der Waals surface area contributed by atoms with E-state index in [2.05, 4.69) is 10.4 Å². The van der Waals surface area contributed by atoms with Gasteiger partial charge in [0.2, 0.25) is 0 Å². The van der Waals surface area contributed by atoms with E-state index in [4.69, 9.17) is 5.73 Å². The Morgan fingerprint density at radius 3 is 2.55 bits per heavy atom. The molecule has 4 rings (SSSR count). The number of carbonyl (C=O) groups is 1. The van der Waals surface area contributed by atoms with Gasteiger partial charge in [-0.1, -0.05) is 23.8 Å². The van der Waals surface area contributed by atoms with Crippen LogP contribution in [0.5, 0.6) is 0 Å². The first-order valence-electron chi connectivity index (χ1n) is 9.98. The van der Waals surface area contributed by atoms with Crippen LogP contribution in [0, 0.1) is 12.7 Å². The molecule has 3 aromatic rings. The Labute approximate surface area is 169 Å². The van der Waals surface area contributed by atoms with Crippen molar-refractivity contribution in [2.45, 2.75) is 44.7 Å². The van der Waals surface area contributed by atoms with Crippen LogP contribution in [-0.4, -0.2) is 27.8 Å². The van der Waals surface area contributed by atoms with Gasteiger partial charge in [-0.15, -0.1) is 0 Å². The molecule has 1 saturated carbocycles. The fourth-order valence-corrected chi connectivity index (χ4v) is 3.80. The lowest BCUT2D eigenvalue weighted by atomic mass is 9.91. The molecule has 150 valence electrons. The zero-order chi connectivity index (χ0) is 20.4. The average molecular weight is 392 g/mol. The van der Waals surface area contributed by atoms with Crippen LogP contribution in [0.3, 0.4) is 0 Å². The van der Waals surface area contributed by atoms with Crippen LogP contribution in [-0.2, 0) is 0 Å². The van der Waals surface area contributed by atoms with Gasteiger partial charge >= 0.3 is 0 Å². The zero-order valence-corrected chi connectivity index (χ0v) is 16.4. The van der Waals surface area contributed by atoms with Gasteiger partial charge in [0.05, 0.1) is 11.3 Å². The van der Waals surface area contributed by atoms with E-state index in [1.54, 1.807) is 23.0 Å². The fraction of sp³-hybridized carbons (Fsp3) is 0.304. The van der Waals surface area contributed by atoms with Crippen LogP contribution in [0.4, 0.5) is 4.39 Å². The zero-order valence-electron chi connectivity index (χ0n) is 16.4. The van der Waals surface area contributed by atoms with E-state index in [0.29, 0.717) is 16.9 Å². The molecule has 1 amide bonds. The van der Waals surface area contributed by atoms with Crippen molar-refractivity contribution in [2.24, 2.45) is 5.73 Å². The summed E-state index contributed by atoms with van der Waals surface area (Å²) in [4.78, 5) is 13.1. The average Bonchev–Trinajstić information content (AvgIpc) is 3.16. The Morgan fingerprint density at radius 2 is 1.86 bits per heavy atom. The van der Waals surface area contributed by atoms with Crippen LogP contribution in [0.25, 0.3) is 16.9 Å². The lowest BCUT2D eigenvalue weighted by Crippen LogP contribution is -2.40. The third-order valence-electron chi connectivity index (χ3n) is 5.45. The Kier molecular flexibility index (Phi) is 5.45. The molecule has 3 N–H and O–H groups in total. The number of halogens is 1. The molecule has 1 fully saturated rings. The normalized spacial score (nSPS) is 19.1. The van der Waals surface area contributed by atoms with Crippen molar-refractivity contribution in [3.05, 3.63) is 71.7 Å². The Hall–Kier alpha value is -2.99. The number of hydrogen-bond acceptors (Lipinski definition) is 3. The predicted molar refractivity (Wildman–Crippen MR) is 111 cm³/mol. The van der Waals surface area contributed by atoms with Crippen LogP contribution in [0.15, 0.2) is 54.7 Å². The smallest absolute Gasteiger partial charge is 0.255 e. The fourth-order valence-electron chi connectivity index (χ4n) is 3.80. The lowest BCUT2D eigenvalue weighted by Gasteiger charge is -2.26. The lowest BCUT2D eigenvalue weighted by molar-refractivity contribution is 0.0926. The molecular weight excluding hydrogens is 367 g/mol. The summed E-state index contributed by atoms with van der Waals surface area (Å²) in [6, 6.07) is 14.3. The first-order valence-corrected chi connectivity index (χ1v) is 9.98. The van der Waals surface area contributed by atoms with Crippen molar-refractivity contribution in [1.82, 2.24) is 15.1 Å². The Bertz CT molecular complexity index is 1000. The molecule has 0 radical (unpaired) electrons. The molecule has 0 saturated heterocycles. The molecule has 5 nitrogen and oxygen atoms in total. The monoisotopic (exact) mass is 392 g/mol. The van der Waals surface area contributed by atoms with E-state index in [0.717, 1.165) is 36.8 Å². The van der Waals surface area contributed by atoms with E-state index >= 15 is 0 Å². The molecule has 1 aliphatic rings. The van der Waals surface area contributed by atoms with Gasteiger partial charge in [0, 0.05) is 23.8 Å². The summed E-state index contributed by atoms with van der Waals surface area (Å²) in [6.07, 6.45) is 5.33. The maximum atomic E-state index is 13.3. The van der Waals surface area contributed by atoms with E-state index in [1.807, 2.05) is 31.2 Å². The molecule has 0 spiro atoms. The first-order chi connectivity index (χ1) is 14.0. The highest BCUT2D eigenvalue weighted by molar-refractivity contribution is 6.00. The molecule has 6 heteroatoms. The number of benzene rings is 2. The van der Waals surface area contributed by atoms with E-state index in [9.17, 15) is 9.18 Å². The van der Waals surface area contributed by atoms with Crippen LogP contribution in [0.1, 0.15) is 41.6 Å². The molecule has 1 aliphatic carbocycles. The number of carbonyl (C=O) groups excluding carboxylic acids is 1. The largest absolute Gasteiger partial charge is 0.349 e. The predicted octanol–water partition coefficient (Wildman–Crippen LogP) is 3.99. The minimum Gasteiger partial charge on any atom is -0.349 e. The van der Waals surface area contributed by atoms with Crippen molar-refractivity contribution >= 4 is 5.91 Å². The maximum Gasteiger partial charge on any atom is 0.255 e. The summed E-state index contributed by atoms with van der Waals surface area (Å²) in [7, 11) is 0. The topological polar surface area (TPSA) is 72.9 Å². The molecule has 29 heavy (non-hydrogen) atoms. The summed E-state index contributed by atoms with van der Waals surface area (Å²) in [5.74, 6) is -0.455. The van der Waals surface area contributed by atoms with E-state index in [-0.39, 0.29) is 23.8 Å². The van der Waals surface area contributed by atoms with Crippen molar-refractivity contribution in [3.63, 3.8) is 0 Å². The SMILES string of the molecule is Cc1cccc(-c2nn(-c3ccc(F)cc3)cc2C(=O)NC2CCC(N)CC2)c1. The molecule has 1 heterocycles. The second kappa shape index (κ2) is 8.17. The maximum absolute atomic E-state index is 13.3. The molecule has 0 aliphatic heterocycles. The third kappa shape index (κ3) is 4.38. The van der Waals surface area contributed by atoms with Gasteiger partial charge in [-0.3, -0.25) is 4.79 Å². The summed E-state index contributed by atoms with van der Waals surface area (Å²) < 4.78 is 14.9. The van der Waals surface area contributed by atoms with Gasteiger partial charge in [-0.2, -0.15) is 5.10 Å². The quantitative estimate of drug-likeness (QED) is 0.705. The number of aryl methyl sites for hydroxylation is 1. The van der Waals surface area contributed by atoms with Crippen LogP contribution < -0.4 is 11.1 Å². The second-order valence-corrected chi connectivity index (χ2v) is 7.77. The van der Waals surface area contributed by atoms with Gasteiger partial charge in [-0.25, -0.2) is 9.07 Å². The van der Waals surface area contributed by atoms with Crippen molar-refractivity contribution < 1.29 is 9.18 Å². The summed E-state index contributed by atoms with van der Waals surface area (Å²) >= 11 is 0. The third-order valence-corrected chi connectivity index (χ3v) is 5.45. The molecule has 1 aromatic heterocycles. The molecule has 0 atom stereocenters. The van der Waals surface area contributed by atoms with Crippen molar-refractivity contribution in [2.75, 3.05) is 0 Å². The van der Waals surface area contributed by atoms with Crippen molar-refractivity contribution in [3.8, 4) is 16.9 Å². The Balaban J connectivity index is 1.68. The highest BCUT2D eigenvalue weighted by Gasteiger charge is 2.24. The number of nitrogens with two attached hydrogens (primary N) is 1. The first kappa shape index (κ1) is 19.3. The molecule has 0 unspecified atom stereocenters. The highest BCUT2D eigenvalue weighted by atomic mass is 19.1. The standard InChI is InChI=1S/C23H25FN4O/c1-15-3-2-4-16(13-15)22-21(23(29)26-19-9-7-18(25)8-10-19)14-28(27-22)20-11-5-17(24)6-12-20/h2-6,11-14,18-19H,7-10,25H2,1H3,(H,26,29). The minimum atomic E-state index is -0.312. The number of aromatic nitrogens is 2. The second-order valence-electron chi connectivity index (χ2n) is 7.77. The van der Waals surface area contributed by atoms with Gasteiger partial charge < -0.3 is 11.1 Å². The minimum absolute atomic E-state index is 0.127. The van der Waals surface area contributed by atoms with Gasteiger partial charge in [-0.05, 0) is 62.9 Å². The summed E-state index contributed by atoms with van der Waals surface area (Å²) in [5, 5.41) is 7.81. The van der Waals surface area contributed by atoms with E-state index < -0.39 is 0 Å². The number of amides is 1. The van der Waals surface area contributed by atoms with Gasteiger partial charge in [0.15, 0.2) is 0 Å². The number of rotatable bonds is 4.